The van der Waals surface area contributed by atoms with E-state index in [1.54, 1.807) is 11.3 Å². The second-order valence-corrected chi connectivity index (χ2v) is 10.1. The molecule has 6 heteroatoms. The second kappa shape index (κ2) is 9.13. The Balaban J connectivity index is 1.42. The molecule has 0 saturated heterocycles. The highest BCUT2D eigenvalue weighted by Crippen LogP contribution is 2.36. The van der Waals surface area contributed by atoms with E-state index in [0.717, 1.165) is 50.5 Å². The first kappa shape index (κ1) is 22.3. The van der Waals surface area contributed by atoms with Crippen molar-refractivity contribution in [3.63, 3.8) is 0 Å². The fourth-order valence-electron chi connectivity index (χ4n) is 4.59. The zero-order valence-corrected chi connectivity index (χ0v) is 21.3. The molecule has 2 aromatic heterocycles. The Morgan fingerprint density at radius 2 is 1.44 bits per heavy atom. The molecular weight excluding hydrogens is 462 g/mol. The van der Waals surface area contributed by atoms with Gasteiger partial charge in [0.25, 0.3) is 0 Å². The Morgan fingerprint density at radius 3 is 2.08 bits per heavy atom. The minimum Gasteiger partial charge on any atom is -0.276 e. The topological polar surface area (TPSA) is 55.4 Å². The summed E-state index contributed by atoms with van der Waals surface area (Å²) in [5.41, 5.74) is 8.54. The second-order valence-electron chi connectivity index (χ2n) is 8.87. The van der Waals surface area contributed by atoms with Crippen molar-refractivity contribution in [3.05, 3.63) is 129 Å². The van der Waals surface area contributed by atoms with E-state index in [-0.39, 0.29) is 0 Å². The fraction of sp³-hybridized carbons (Fsp3) is 0.133. The minimum absolute atomic E-state index is 0.502. The van der Waals surface area contributed by atoms with Crippen molar-refractivity contribution in [2.45, 2.75) is 27.3 Å². The Labute approximate surface area is 214 Å². The number of hydrogen-bond donors (Lipinski definition) is 0. The van der Waals surface area contributed by atoms with Crippen LogP contribution in [0.4, 0.5) is 5.69 Å². The van der Waals surface area contributed by atoms with Gasteiger partial charge in [-0.3, -0.25) is 9.56 Å². The van der Waals surface area contributed by atoms with Crippen LogP contribution in [0.3, 0.4) is 0 Å². The number of aromatic nitrogens is 3. The molecule has 0 radical (unpaired) electrons. The maximum absolute atomic E-state index is 5.06. The van der Waals surface area contributed by atoms with Gasteiger partial charge in [0.2, 0.25) is 0 Å². The molecule has 176 valence electrons. The van der Waals surface area contributed by atoms with Crippen molar-refractivity contribution in [2.24, 2.45) is 9.98 Å². The largest absolute Gasteiger partial charge is 0.276 e. The maximum atomic E-state index is 5.06. The third kappa shape index (κ3) is 3.89. The quantitative estimate of drug-likeness (QED) is 0.263. The molecule has 5 aromatic rings. The summed E-state index contributed by atoms with van der Waals surface area (Å²) in [4.78, 5) is 11.4. The molecule has 5 nitrogen and oxygen atoms in total. The zero-order valence-electron chi connectivity index (χ0n) is 20.4. The van der Waals surface area contributed by atoms with Crippen molar-refractivity contribution in [3.8, 4) is 5.00 Å². The number of nitrogens with zero attached hydrogens (tertiary/aromatic N) is 5. The third-order valence-electron chi connectivity index (χ3n) is 6.55. The van der Waals surface area contributed by atoms with Crippen LogP contribution >= 0.6 is 11.3 Å². The lowest BCUT2D eigenvalue weighted by molar-refractivity contribution is 0.869. The van der Waals surface area contributed by atoms with E-state index in [9.17, 15) is 0 Å². The van der Waals surface area contributed by atoms with Gasteiger partial charge in [-0.2, -0.15) is 0 Å². The Hall–Kier alpha value is -4.16. The van der Waals surface area contributed by atoms with Crippen LogP contribution in [-0.4, -0.2) is 26.2 Å². The molecule has 3 aromatic carbocycles. The van der Waals surface area contributed by atoms with Crippen LogP contribution in [0, 0.1) is 20.8 Å². The van der Waals surface area contributed by atoms with Gasteiger partial charge in [-0.15, -0.1) is 21.5 Å². The van der Waals surface area contributed by atoms with Gasteiger partial charge in [-0.25, -0.2) is 4.99 Å². The molecule has 3 heterocycles. The third-order valence-corrected chi connectivity index (χ3v) is 7.75. The number of thiophene rings is 1. The highest BCUT2D eigenvalue weighted by atomic mass is 32.1. The van der Waals surface area contributed by atoms with Gasteiger partial charge in [-0.05, 0) is 38.5 Å². The van der Waals surface area contributed by atoms with Crippen LogP contribution in [0.1, 0.15) is 44.3 Å². The number of hydrogen-bond acceptors (Lipinski definition) is 5. The monoisotopic (exact) mass is 487 g/mol. The summed E-state index contributed by atoms with van der Waals surface area (Å²) >= 11 is 1.78. The van der Waals surface area contributed by atoms with Crippen LogP contribution in [0.25, 0.3) is 5.00 Å². The summed E-state index contributed by atoms with van der Waals surface area (Å²) in [5.74, 6) is 1.77. The molecule has 0 aliphatic carbocycles. The van der Waals surface area contributed by atoms with Gasteiger partial charge < -0.3 is 0 Å². The van der Waals surface area contributed by atoms with E-state index in [2.05, 4.69) is 77.1 Å². The molecule has 36 heavy (non-hydrogen) atoms. The average molecular weight is 488 g/mol. The van der Waals surface area contributed by atoms with E-state index in [4.69, 9.17) is 9.98 Å². The molecule has 1 aliphatic rings. The van der Waals surface area contributed by atoms with E-state index < -0.39 is 0 Å². The molecule has 0 N–H and O–H groups in total. The van der Waals surface area contributed by atoms with Crippen LogP contribution in [0.5, 0.6) is 0 Å². The van der Waals surface area contributed by atoms with E-state index >= 15 is 0 Å². The van der Waals surface area contributed by atoms with Crippen molar-refractivity contribution < 1.29 is 0 Å². The van der Waals surface area contributed by atoms with Crippen molar-refractivity contribution in [1.29, 1.82) is 0 Å². The highest BCUT2D eigenvalue weighted by molar-refractivity contribution is 7.15. The molecule has 0 bridgehead atoms. The summed E-state index contributed by atoms with van der Waals surface area (Å²) in [6, 6.07) is 29.1. The fourth-order valence-corrected chi connectivity index (χ4v) is 5.82. The molecule has 0 spiro atoms. The summed E-state index contributed by atoms with van der Waals surface area (Å²) < 4.78 is 2.15. The van der Waals surface area contributed by atoms with Gasteiger partial charge in [0.05, 0.1) is 17.1 Å². The molecule has 0 unspecified atom stereocenters. The zero-order chi connectivity index (χ0) is 24.6. The lowest BCUT2D eigenvalue weighted by atomic mass is 9.99. The van der Waals surface area contributed by atoms with Crippen LogP contribution < -0.4 is 0 Å². The van der Waals surface area contributed by atoms with Gasteiger partial charge in [-0.1, -0.05) is 72.8 Å². The van der Waals surface area contributed by atoms with E-state index in [1.807, 2.05) is 43.3 Å². The first-order chi connectivity index (χ1) is 17.6. The summed E-state index contributed by atoms with van der Waals surface area (Å²) in [5, 5.41) is 9.83. The number of benzene rings is 3. The van der Waals surface area contributed by atoms with Crippen molar-refractivity contribution in [1.82, 2.24) is 14.8 Å². The molecule has 1 aliphatic heterocycles. The van der Waals surface area contributed by atoms with Gasteiger partial charge in [0.1, 0.15) is 17.4 Å². The first-order valence-corrected chi connectivity index (χ1v) is 12.8. The smallest absolute Gasteiger partial charge is 0.160 e. The predicted octanol–water partition coefficient (Wildman–Crippen LogP) is 6.77. The summed E-state index contributed by atoms with van der Waals surface area (Å²) in [6.07, 6.45) is 0. The Morgan fingerprint density at radius 1 is 0.806 bits per heavy atom. The molecule has 0 fully saturated rings. The molecule has 0 amide bonds. The van der Waals surface area contributed by atoms with E-state index in [1.165, 1.54) is 16.0 Å². The molecule has 6 rings (SSSR count). The molecular formula is C30H25N5S. The summed E-state index contributed by atoms with van der Waals surface area (Å²) in [6.45, 7) is 6.84. The summed E-state index contributed by atoms with van der Waals surface area (Å²) in [7, 11) is 0. The maximum Gasteiger partial charge on any atom is 0.160 e. The van der Waals surface area contributed by atoms with E-state index in [0.29, 0.717) is 6.54 Å². The average Bonchev–Trinajstić information content (AvgIpc) is 3.36. The number of rotatable bonds is 4. The lowest BCUT2D eigenvalue weighted by Gasteiger charge is -2.10. The van der Waals surface area contributed by atoms with Crippen LogP contribution in [0.2, 0.25) is 0 Å². The SMILES string of the molecule is Cc1sc2c(c1C)C(c1ccc(N=C(c3ccccc3)c3ccccc3)cc1)=NCc1nnc(C)n1-2. The highest BCUT2D eigenvalue weighted by Gasteiger charge is 2.26. The normalized spacial score (nSPS) is 12.4. The standard InChI is InChI=1S/C30H25N5S/c1-19-20(2)36-30-27(19)29(31-18-26-34-33-21(3)35(26)30)24-14-16-25(17-15-24)32-28(22-10-6-4-7-11-22)23-12-8-5-9-13-23/h4-17H,18H2,1-3H3. The Kier molecular flexibility index (Phi) is 5.66. The number of fused-ring (bicyclic) bond motifs is 3. The lowest BCUT2D eigenvalue weighted by Crippen LogP contribution is -2.07. The Bertz CT molecular complexity index is 1570. The molecule has 0 atom stereocenters. The predicted molar refractivity (Wildman–Crippen MR) is 147 cm³/mol. The van der Waals surface area contributed by atoms with Gasteiger partial charge in [0, 0.05) is 27.1 Å². The first-order valence-electron chi connectivity index (χ1n) is 12.0. The number of aliphatic imine (C=N–C) groups is 2. The van der Waals surface area contributed by atoms with Crippen LogP contribution in [0.15, 0.2) is 94.9 Å². The van der Waals surface area contributed by atoms with Crippen molar-refractivity contribution >= 4 is 28.4 Å². The van der Waals surface area contributed by atoms with Gasteiger partial charge in [0.15, 0.2) is 5.82 Å². The number of aryl methyl sites for hydroxylation is 2. The molecule has 0 saturated carbocycles. The van der Waals surface area contributed by atoms with Crippen molar-refractivity contribution in [2.75, 3.05) is 0 Å². The van der Waals surface area contributed by atoms with Gasteiger partial charge >= 0.3 is 0 Å². The van der Waals surface area contributed by atoms with Crippen LogP contribution in [-0.2, 0) is 6.54 Å². The minimum atomic E-state index is 0.502.